The van der Waals surface area contributed by atoms with E-state index in [0.717, 1.165) is 39.5 Å². The number of hydrogen-bond acceptors (Lipinski definition) is 1. The predicted molar refractivity (Wildman–Crippen MR) is 96.3 cm³/mol. The lowest BCUT2D eigenvalue weighted by atomic mass is 10.1. The summed E-state index contributed by atoms with van der Waals surface area (Å²) in [6, 6.07) is 14.5. The van der Waals surface area contributed by atoms with Gasteiger partial charge < -0.3 is 4.74 Å². The van der Waals surface area contributed by atoms with Crippen LogP contribution in [-0.2, 0) is 12.3 Å². The largest absolute Gasteiger partial charge is 0.491 e. The molecule has 0 fully saturated rings. The smallest absolute Gasteiger partial charge is 0.147 e. The zero-order valence-corrected chi connectivity index (χ0v) is 15.5. The van der Waals surface area contributed by atoms with Crippen molar-refractivity contribution in [2.24, 2.45) is 0 Å². The van der Waals surface area contributed by atoms with E-state index in [1.165, 1.54) is 5.56 Å². The molecule has 0 saturated carbocycles. The van der Waals surface area contributed by atoms with Crippen LogP contribution in [0, 0.1) is 0 Å². The van der Waals surface area contributed by atoms with Gasteiger partial charge in [-0.1, -0.05) is 30.3 Å². The Kier molecular flexibility index (Phi) is 7.08. The number of hydrogen-bond donors (Lipinski definition) is 0. The Morgan fingerprint density at radius 3 is 2.19 bits per heavy atom. The molecule has 2 rings (SSSR count). The maximum Gasteiger partial charge on any atom is 0.147 e. The first kappa shape index (κ1) is 16.9. The minimum Gasteiger partial charge on any atom is -0.491 e. The second-order valence-corrected chi connectivity index (χ2v) is 6.79. The number of aryl methyl sites for hydroxylation is 1. The van der Waals surface area contributed by atoms with Crippen LogP contribution in [0.4, 0.5) is 0 Å². The summed E-state index contributed by atoms with van der Waals surface area (Å²) in [7, 11) is 0. The van der Waals surface area contributed by atoms with E-state index in [0.29, 0.717) is 12.5 Å². The molecule has 0 aliphatic heterocycles. The van der Waals surface area contributed by atoms with Gasteiger partial charge in [-0.25, -0.2) is 0 Å². The van der Waals surface area contributed by atoms with Gasteiger partial charge in [-0.15, -0.1) is 11.6 Å². The van der Waals surface area contributed by atoms with Gasteiger partial charge >= 0.3 is 0 Å². The molecule has 0 aliphatic carbocycles. The highest BCUT2D eigenvalue weighted by Gasteiger charge is 2.08. The van der Waals surface area contributed by atoms with Crippen molar-refractivity contribution in [2.45, 2.75) is 25.1 Å². The zero-order valence-electron chi connectivity index (χ0n) is 11.6. The molecule has 0 spiro atoms. The molecule has 0 N–H and O–H groups in total. The van der Waals surface area contributed by atoms with Crippen molar-refractivity contribution in [2.75, 3.05) is 6.61 Å². The molecule has 0 aliphatic rings. The van der Waals surface area contributed by atoms with Crippen molar-refractivity contribution in [3.8, 4) is 5.75 Å². The molecule has 0 unspecified atom stereocenters. The molecule has 0 bridgehead atoms. The quantitative estimate of drug-likeness (QED) is 0.366. The highest BCUT2D eigenvalue weighted by Crippen LogP contribution is 2.35. The first-order chi connectivity index (χ1) is 10.2. The van der Waals surface area contributed by atoms with E-state index in [1.54, 1.807) is 0 Å². The second kappa shape index (κ2) is 8.82. The Balaban J connectivity index is 1.79. The third-order valence-corrected chi connectivity index (χ3v) is 4.65. The number of rotatable bonds is 7. The van der Waals surface area contributed by atoms with Crippen molar-refractivity contribution >= 4 is 43.5 Å². The lowest BCUT2D eigenvalue weighted by Crippen LogP contribution is -2.00. The topological polar surface area (TPSA) is 9.23 Å². The molecule has 2 aromatic carbocycles. The fourth-order valence-corrected chi connectivity index (χ4v) is 3.74. The third-order valence-electron chi connectivity index (χ3n) is 3.16. The average Bonchev–Trinajstić information content (AvgIpc) is 2.50. The fraction of sp³-hybridized carbons (Fsp3) is 0.294. The average molecular weight is 433 g/mol. The van der Waals surface area contributed by atoms with Crippen LogP contribution < -0.4 is 4.74 Å². The summed E-state index contributed by atoms with van der Waals surface area (Å²) < 4.78 is 7.75. The molecule has 2 aromatic rings. The minimum atomic E-state index is 0.495. The fourth-order valence-electron chi connectivity index (χ4n) is 2.08. The molecule has 0 saturated heterocycles. The molecule has 4 heteroatoms. The Hall–Kier alpha value is -0.510. The first-order valence-corrected chi connectivity index (χ1v) is 9.03. The summed E-state index contributed by atoms with van der Waals surface area (Å²) in [5.41, 5.74) is 2.44. The van der Waals surface area contributed by atoms with Crippen molar-refractivity contribution in [3.05, 3.63) is 62.5 Å². The van der Waals surface area contributed by atoms with Gasteiger partial charge in [0.1, 0.15) is 5.75 Å². The molecular weight excluding hydrogens is 415 g/mol. The lowest BCUT2D eigenvalue weighted by molar-refractivity contribution is 0.303. The Morgan fingerprint density at radius 2 is 1.57 bits per heavy atom. The normalized spacial score (nSPS) is 10.6. The highest BCUT2D eigenvalue weighted by molar-refractivity contribution is 9.11. The number of ether oxygens (including phenoxy) is 1. The van der Waals surface area contributed by atoms with Crippen LogP contribution in [0.2, 0.25) is 0 Å². The molecule has 112 valence electrons. The third kappa shape index (κ3) is 5.32. The lowest BCUT2D eigenvalue weighted by Gasteiger charge is -2.11. The van der Waals surface area contributed by atoms with Crippen LogP contribution in [0.15, 0.2) is 51.4 Å². The molecule has 0 atom stereocenters. The van der Waals surface area contributed by atoms with Crippen LogP contribution in [0.5, 0.6) is 5.75 Å². The van der Waals surface area contributed by atoms with Gasteiger partial charge in [0, 0.05) is 5.88 Å². The van der Waals surface area contributed by atoms with E-state index in [2.05, 4.69) is 56.1 Å². The number of unbranched alkanes of at least 4 members (excludes halogenated alkanes) is 1. The number of halogens is 3. The summed E-state index contributed by atoms with van der Waals surface area (Å²) in [5.74, 6) is 1.35. The van der Waals surface area contributed by atoms with Gasteiger partial charge in [-0.2, -0.15) is 0 Å². The monoisotopic (exact) mass is 430 g/mol. The van der Waals surface area contributed by atoms with E-state index >= 15 is 0 Å². The summed E-state index contributed by atoms with van der Waals surface area (Å²) in [6.45, 7) is 0.713. The molecule has 0 aromatic heterocycles. The van der Waals surface area contributed by atoms with Gasteiger partial charge in [-0.3, -0.25) is 0 Å². The van der Waals surface area contributed by atoms with E-state index < -0.39 is 0 Å². The summed E-state index contributed by atoms with van der Waals surface area (Å²) in [4.78, 5) is 0. The summed E-state index contributed by atoms with van der Waals surface area (Å²) in [6.07, 6.45) is 3.25. The second-order valence-electron chi connectivity index (χ2n) is 4.81. The molecule has 0 heterocycles. The SMILES string of the molecule is ClCc1cc(Br)c(OCCCCc2ccccc2)c(Br)c1. The summed E-state index contributed by atoms with van der Waals surface area (Å²) in [5, 5.41) is 0. The minimum absolute atomic E-state index is 0.495. The van der Waals surface area contributed by atoms with Crippen molar-refractivity contribution in [1.82, 2.24) is 0 Å². The van der Waals surface area contributed by atoms with Gasteiger partial charge in [0.15, 0.2) is 0 Å². The highest BCUT2D eigenvalue weighted by atomic mass is 79.9. The molecule has 0 radical (unpaired) electrons. The van der Waals surface area contributed by atoms with Crippen LogP contribution >= 0.6 is 43.5 Å². The predicted octanol–water partition coefficient (Wildman–Crippen LogP) is 6.35. The Morgan fingerprint density at radius 1 is 0.905 bits per heavy atom. The number of benzene rings is 2. The molecular formula is C17H17Br2ClO. The van der Waals surface area contributed by atoms with E-state index in [4.69, 9.17) is 16.3 Å². The van der Waals surface area contributed by atoms with E-state index in [-0.39, 0.29) is 0 Å². The summed E-state index contributed by atoms with van der Waals surface area (Å²) >= 11 is 12.9. The Labute approximate surface area is 147 Å². The standard InChI is InChI=1S/C17H17Br2ClO/c18-15-10-14(12-20)11-16(19)17(15)21-9-5-4-8-13-6-2-1-3-7-13/h1-3,6-7,10-11H,4-5,8-9,12H2. The van der Waals surface area contributed by atoms with Gasteiger partial charge in [-0.05, 0) is 74.4 Å². The van der Waals surface area contributed by atoms with Crippen LogP contribution in [-0.4, -0.2) is 6.61 Å². The van der Waals surface area contributed by atoms with Gasteiger partial charge in [0.05, 0.1) is 15.6 Å². The maximum absolute atomic E-state index is 5.87. The van der Waals surface area contributed by atoms with Crippen LogP contribution in [0.3, 0.4) is 0 Å². The van der Waals surface area contributed by atoms with Crippen molar-refractivity contribution in [1.29, 1.82) is 0 Å². The zero-order chi connectivity index (χ0) is 15.1. The van der Waals surface area contributed by atoms with Crippen molar-refractivity contribution in [3.63, 3.8) is 0 Å². The van der Waals surface area contributed by atoms with Gasteiger partial charge in [0.2, 0.25) is 0 Å². The van der Waals surface area contributed by atoms with Crippen LogP contribution in [0.1, 0.15) is 24.0 Å². The molecule has 0 amide bonds. The van der Waals surface area contributed by atoms with Crippen LogP contribution in [0.25, 0.3) is 0 Å². The first-order valence-electron chi connectivity index (χ1n) is 6.91. The molecule has 1 nitrogen and oxygen atoms in total. The van der Waals surface area contributed by atoms with E-state index in [1.807, 2.05) is 18.2 Å². The van der Waals surface area contributed by atoms with E-state index in [9.17, 15) is 0 Å². The van der Waals surface area contributed by atoms with Gasteiger partial charge in [0.25, 0.3) is 0 Å². The maximum atomic E-state index is 5.87. The Bertz CT molecular complexity index is 549. The number of alkyl halides is 1. The van der Waals surface area contributed by atoms with Crippen molar-refractivity contribution < 1.29 is 4.74 Å². The molecule has 21 heavy (non-hydrogen) atoms.